The van der Waals surface area contributed by atoms with Crippen molar-refractivity contribution in [3.05, 3.63) is 35.4 Å². The lowest BCUT2D eigenvalue weighted by molar-refractivity contribution is 0.0599. The summed E-state index contributed by atoms with van der Waals surface area (Å²) in [5, 5.41) is 10.4. The topological polar surface area (TPSA) is 23.5 Å². The van der Waals surface area contributed by atoms with Crippen molar-refractivity contribution in [2.24, 2.45) is 0 Å². The summed E-state index contributed by atoms with van der Waals surface area (Å²) in [6, 6.07) is 8.36. The van der Waals surface area contributed by atoms with Crippen LogP contribution in [-0.2, 0) is 0 Å². The molecule has 1 aromatic carbocycles. The maximum absolute atomic E-state index is 10.4. The Bertz CT molecular complexity index is 333. The number of likely N-dealkylation sites (N-methyl/N-ethyl adjacent to an activating group) is 1. The number of hydrogen-bond donors (Lipinski definition) is 1. The fourth-order valence-electron chi connectivity index (χ4n) is 2.25. The van der Waals surface area contributed by atoms with Gasteiger partial charge < -0.3 is 5.11 Å². The number of benzene rings is 1. The van der Waals surface area contributed by atoms with E-state index < -0.39 is 6.10 Å². The third-order valence-corrected chi connectivity index (χ3v) is 3.66. The van der Waals surface area contributed by atoms with Crippen molar-refractivity contribution in [2.45, 2.75) is 52.7 Å². The average molecular weight is 249 g/mol. The van der Waals surface area contributed by atoms with E-state index in [4.69, 9.17) is 0 Å². The van der Waals surface area contributed by atoms with E-state index in [1.165, 1.54) is 18.4 Å². The van der Waals surface area contributed by atoms with Crippen molar-refractivity contribution in [2.75, 3.05) is 13.1 Å². The summed E-state index contributed by atoms with van der Waals surface area (Å²) in [5.41, 5.74) is 2.25. The van der Waals surface area contributed by atoms with Gasteiger partial charge in [0.15, 0.2) is 0 Å². The summed E-state index contributed by atoms with van der Waals surface area (Å²) >= 11 is 0. The first-order chi connectivity index (χ1) is 8.60. The Morgan fingerprint density at radius 3 is 2.28 bits per heavy atom. The molecule has 0 saturated heterocycles. The van der Waals surface area contributed by atoms with E-state index in [-0.39, 0.29) is 6.04 Å². The fourth-order valence-corrected chi connectivity index (χ4v) is 2.25. The molecule has 0 heterocycles. The second-order valence-corrected chi connectivity index (χ2v) is 5.08. The molecule has 2 atom stereocenters. The van der Waals surface area contributed by atoms with Gasteiger partial charge in [-0.1, -0.05) is 50.1 Å². The Balaban J connectivity index is 2.68. The van der Waals surface area contributed by atoms with Gasteiger partial charge >= 0.3 is 0 Å². The monoisotopic (exact) mass is 249 g/mol. The molecule has 0 aliphatic rings. The van der Waals surface area contributed by atoms with Gasteiger partial charge in [0.2, 0.25) is 0 Å². The molecule has 2 heteroatoms. The fraction of sp³-hybridized carbons (Fsp3) is 0.625. The molecule has 1 aromatic rings. The second kappa shape index (κ2) is 7.55. The lowest BCUT2D eigenvalue weighted by Crippen LogP contribution is -2.38. The Labute approximate surface area is 112 Å². The van der Waals surface area contributed by atoms with E-state index in [0.29, 0.717) is 0 Å². The lowest BCUT2D eigenvalue weighted by atomic mass is 10.0. The van der Waals surface area contributed by atoms with E-state index in [1.807, 2.05) is 12.1 Å². The predicted octanol–water partition coefficient (Wildman–Crippen LogP) is 3.54. The molecule has 1 N–H and O–H groups in total. The SMILES string of the molecule is CCCCN(CC)C(C)C(O)c1ccc(C)cc1. The lowest BCUT2D eigenvalue weighted by Gasteiger charge is -2.31. The summed E-state index contributed by atoms with van der Waals surface area (Å²) < 4.78 is 0. The molecule has 0 amide bonds. The first-order valence-corrected chi connectivity index (χ1v) is 7.08. The largest absolute Gasteiger partial charge is 0.387 e. The zero-order chi connectivity index (χ0) is 13.5. The summed E-state index contributed by atoms with van der Waals surface area (Å²) in [6.07, 6.45) is 1.99. The van der Waals surface area contributed by atoms with Gasteiger partial charge in [0.05, 0.1) is 6.10 Å². The first kappa shape index (κ1) is 15.2. The minimum Gasteiger partial charge on any atom is -0.387 e. The number of aliphatic hydroxyl groups excluding tert-OH is 1. The van der Waals surface area contributed by atoms with Gasteiger partial charge in [-0.3, -0.25) is 4.90 Å². The zero-order valence-electron chi connectivity index (χ0n) is 12.2. The number of rotatable bonds is 7. The highest BCUT2D eigenvalue weighted by Gasteiger charge is 2.21. The van der Waals surface area contributed by atoms with Gasteiger partial charge in [0.1, 0.15) is 0 Å². The van der Waals surface area contributed by atoms with Crippen molar-refractivity contribution < 1.29 is 5.11 Å². The Morgan fingerprint density at radius 2 is 1.78 bits per heavy atom. The van der Waals surface area contributed by atoms with E-state index >= 15 is 0 Å². The standard InChI is InChI=1S/C16H27NO/c1-5-7-12-17(6-2)14(4)16(18)15-10-8-13(3)9-11-15/h8-11,14,16,18H,5-7,12H2,1-4H3. The molecule has 1 rings (SSSR count). The molecule has 2 nitrogen and oxygen atoms in total. The summed E-state index contributed by atoms with van der Waals surface area (Å²) in [6.45, 7) is 10.6. The van der Waals surface area contributed by atoms with Gasteiger partial charge in [-0.2, -0.15) is 0 Å². The van der Waals surface area contributed by atoms with Gasteiger partial charge in [-0.25, -0.2) is 0 Å². The Kier molecular flexibility index (Phi) is 6.37. The van der Waals surface area contributed by atoms with Crippen molar-refractivity contribution >= 4 is 0 Å². The van der Waals surface area contributed by atoms with Gasteiger partial charge in [0, 0.05) is 6.04 Å². The number of hydrogen-bond acceptors (Lipinski definition) is 2. The Hall–Kier alpha value is -0.860. The summed E-state index contributed by atoms with van der Waals surface area (Å²) in [5.74, 6) is 0. The molecule has 0 aliphatic heterocycles. The van der Waals surface area contributed by atoms with Crippen LogP contribution in [0, 0.1) is 6.92 Å². The van der Waals surface area contributed by atoms with Gasteiger partial charge in [-0.05, 0) is 38.9 Å². The smallest absolute Gasteiger partial charge is 0.0942 e. The average Bonchev–Trinajstić information content (AvgIpc) is 2.39. The highest BCUT2D eigenvalue weighted by atomic mass is 16.3. The highest BCUT2D eigenvalue weighted by Crippen LogP contribution is 2.21. The molecular formula is C16H27NO. The van der Waals surface area contributed by atoms with E-state index in [1.54, 1.807) is 0 Å². The minimum atomic E-state index is -0.401. The molecule has 0 saturated carbocycles. The van der Waals surface area contributed by atoms with Crippen molar-refractivity contribution in [3.8, 4) is 0 Å². The third kappa shape index (κ3) is 4.11. The van der Waals surface area contributed by atoms with Crippen LogP contribution in [0.25, 0.3) is 0 Å². The van der Waals surface area contributed by atoms with Crippen molar-refractivity contribution in [1.29, 1.82) is 0 Å². The molecule has 2 unspecified atom stereocenters. The number of unbranched alkanes of at least 4 members (excludes halogenated alkanes) is 1. The van der Waals surface area contributed by atoms with Crippen LogP contribution in [0.3, 0.4) is 0 Å². The third-order valence-electron chi connectivity index (χ3n) is 3.66. The summed E-state index contributed by atoms with van der Waals surface area (Å²) in [7, 11) is 0. The Morgan fingerprint density at radius 1 is 1.17 bits per heavy atom. The molecule has 18 heavy (non-hydrogen) atoms. The van der Waals surface area contributed by atoms with E-state index in [9.17, 15) is 5.11 Å². The second-order valence-electron chi connectivity index (χ2n) is 5.08. The van der Waals surface area contributed by atoms with Gasteiger partial charge in [-0.15, -0.1) is 0 Å². The molecular weight excluding hydrogens is 222 g/mol. The quantitative estimate of drug-likeness (QED) is 0.799. The molecule has 0 fully saturated rings. The van der Waals surface area contributed by atoms with Gasteiger partial charge in [0.25, 0.3) is 0 Å². The van der Waals surface area contributed by atoms with Crippen LogP contribution in [0.5, 0.6) is 0 Å². The maximum Gasteiger partial charge on any atom is 0.0942 e. The number of aryl methyl sites for hydroxylation is 1. The minimum absolute atomic E-state index is 0.171. The molecule has 0 aliphatic carbocycles. The molecule has 102 valence electrons. The van der Waals surface area contributed by atoms with Crippen LogP contribution in [-0.4, -0.2) is 29.1 Å². The maximum atomic E-state index is 10.4. The number of aliphatic hydroxyl groups is 1. The van der Waals surface area contributed by atoms with Crippen LogP contribution in [0.2, 0.25) is 0 Å². The first-order valence-electron chi connectivity index (χ1n) is 7.08. The molecule has 0 bridgehead atoms. The van der Waals surface area contributed by atoms with Crippen LogP contribution < -0.4 is 0 Å². The van der Waals surface area contributed by atoms with Crippen molar-refractivity contribution in [3.63, 3.8) is 0 Å². The molecule has 0 aromatic heterocycles. The summed E-state index contributed by atoms with van der Waals surface area (Å²) in [4.78, 5) is 2.36. The highest BCUT2D eigenvalue weighted by molar-refractivity contribution is 5.23. The van der Waals surface area contributed by atoms with Crippen LogP contribution in [0.4, 0.5) is 0 Å². The predicted molar refractivity (Wildman–Crippen MR) is 77.8 cm³/mol. The van der Waals surface area contributed by atoms with Crippen LogP contribution in [0.15, 0.2) is 24.3 Å². The van der Waals surface area contributed by atoms with E-state index in [2.05, 4.69) is 44.7 Å². The molecule has 0 radical (unpaired) electrons. The van der Waals surface area contributed by atoms with Crippen LogP contribution >= 0.6 is 0 Å². The zero-order valence-corrected chi connectivity index (χ0v) is 12.2. The van der Waals surface area contributed by atoms with Crippen molar-refractivity contribution in [1.82, 2.24) is 4.90 Å². The normalized spacial score (nSPS) is 14.8. The van der Waals surface area contributed by atoms with E-state index in [0.717, 1.165) is 18.7 Å². The van der Waals surface area contributed by atoms with Crippen LogP contribution in [0.1, 0.15) is 50.8 Å². The number of nitrogens with zero attached hydrogens (tertiary/aromatic N) is 1. The molecule has 0 spiro atoms.